The molecule has 1 aromatic heterocycles. The summed E-state index contributed by atoms with van der Waals surface area (Å²) in [6.07, 6.45) is 2.36. The number of hydrogen-bond donors (Lipinski definition) is 1. The maximum atomic E-state index is 11.8. The third-order valence-electron chi connectivity index (χ3n) is 3.53. The molecule has 3 atom stereocenters. The monoisotopic (exact) mass is 223 g/mol. The number of nitrogens with one attached hydrogen (secondary N) is 1. The minimum absolute atomic E-state index is 0.0935. The van der Waals surface area contributed by atoms with Crippen molar-refractivity contribution in [3.05, 3.63) is 22.4 Å². The molecule has 0 spiro atoms. The van der Waals surface area contributed by atoms with Crippen LogP contribution in [-0.2, 0) is 0 Å². The Morgan fingerprint density at radius 3 is 2.80 bits per heavy atom. The third kappa shape index (κ3) is 2.23. The molecule has 2 rings (SSSR count). The van der Waals surface area contributed by atoms with Crippen LogP contribution in [0.4, 0.5) is 0 Å². The minimum Gasteiger partial charge on any atom is -0.348 e. The molecule has 2 nitrogen and oxygen atoms in total. The number of hydrogen-bond acceptors (Lipinski definition) is 2. The van der Waals surface area contributed by atoms with Crippen molar-refractivity contribution in [2.45, 2.75) is 32.7 Å². The molecular formula is C12H17NOS. The van der Waals surface area contributed by atoms with Crippen LogP contribution in [0.25, 0.3) is 0 Å². The van der Waals surface area contributed by atoms with Crippen LogP contribution in [0.3, 0.4) is 0 Å². The summed E-state index contributed by atoms with van der Waals surface area (Å²) in [6, 6.07) is 4.16. The van der Waals surface area contributed by atoms with Crippen LogP contribution < -0.4 is 5.32 Å². The van der Waals surface area contributed by atoms with E-state index in [2.05, 4.69) is 19.2 Å². The largest absolute Gasteiger partial charge is 0.348 e. The lowest BCUT2D eigenvalue weighted by molar-refractivity contribution is 0.0931. The van der Waals surface area contributed by atoms with E-state index in [0.29, 0.717) is 12.0 Å². The van der Waals surface area contributed by atoms with E-state index < -0.39 is 0 Å². The van der Waals surface area contributed by atoms with Gasteiger partial charge in [-0.1, -0.05) is 19.9 Å². The molecule has 0 radical (unpaired) electrons. The molecule has 1 amide bonds. The molecular weight excluding hydrogens is 206 g/mol. The quantitative estimate of drug-likeness (QED) is 0.820. The van der Waals surface area contributed by atoms with Gasteiger partial charge in [0.15, 0.2) is 0 Å². The SMILES string of the molecule is CC1CCC(NC(=O)c2cccs2)C1C. The van der Waals surface area contributed by atoms with Crippen LogP contribution in [0, 0.1) is 11.8 Å². The van der Waals surface area contributed by atoms with E-state index in [1.165, 1.54) is 17.8 Å². The van der Waals surface area contributed by atoms with E-state index in [0.717, 1.165) is 17.2 Å². The molecule has 1 fully saturated rings. The molecule has 1 aliphatic carbocycles. The lowest BCUT2D eigenvalue weighted by Crippen LogP contribution is -2.36. The van der Waals surface area contributed by atoms with Gasteiger partial charge in [-0.25, -0.2) is 0 Å². The Labute approximate surface area is 94.7 Å². The van der Waals surface area contributed by atoms with Gasteiger partial charge in [0.1, 0.15) is 0 Å². The van der Waals surface area contributed by atoms with E-state index in [1.54, 1.807) is 0 Å². The van der Waals surface area contributed by atoms with Crippen molar-refractivity contribution in [3.63, 3.8) is 0 Å². The molecule has 1 N–H and O–H groups in total. The van der Waals surface area contributed by atoms with Gasteiger partial charge in [-0.2, -0.15) is 0 Å². The topological polar surface area (TPSA) is 29.1 Å². The Kier molecular flexibility index (Phi) is 3.10. The van der Waals surface area contributed by atoms with Crippen LogP contribution in [0.5, 0.6) is 0 Å². The zero-order valence-corrected chi connectivity index (χ0v) is 10.0. The first kappa shape index (κ1) is 10.7. The molecule has 15 heavy (non-hydrogen) atoms. The summed E-state index contributed by atoms with van der Waals surface area (Å²) >= 11 is 1.50. The Balaban J connectivity index is 1.95. The van der Waals surface area contributed by atoms with E-state index >= 15 is 0 Å². The Morgan fingerprint density at radius 1 is 1.47 bits per heavy atom. The number of rotatable bonds is 2. The number of amides is 1. The Morgan fingerprint density at radius 2 is 2.27 bits per heavy atom. The average molecular weight is 223 g/mol. The Hall–Kier alpha value is -0.830. The summed E-state index contributed by atoms with van der Waals surface area (Å²) in [5.41, 5.74) is 0. The maximum Gasteiger partial charge on any atom is 0.261 e. The van der Waals surface area contributed by atoms with E-state index in [4.69, 9.17) is 0 Å². The molecule has 1 saturated carbocycles. The van der Waals surface area contributed by atoms with Gasteiger partial charge < -0.3 is 5.32 Å². The molecule has 0 bridgehead atoms. The van der Waals surface area contributed by atoms with Crippen molar-refractivity contribution in [2.24, 2.45) is 11.8 Å². The molecule has 0 aromatic carbocycles. The van der Waals surface area contributed by atoms with Gasteiger partial charge in [0.05, 0.1) is 4.88 Å². The summed E-state index contributed by atoms with van der Waals surface area (Å²) in [6.45, 7) is 4.50. The van der Waals surface area contributed by atoms with Crippen molar-refractivity contribution in [1.82, 2.24) is 5.32 Å². The lowest BCUT2D eigenvalue weighted by Gasteiger charge is -2.19. The van der Waals surface area contributed by atoms with Crippen molar-refractivity contribution in [3.8, 4) is 0 Å². The molecule has 82 valence electrons. The van der Waals surface area contributed by atoms with Crippen LogP contribution in [-0.4, -0.2) is 11.9 Å². The Bertz CT molecular complexity index is 333. The fourth-order valence-electron chi connectivity index (χ4n) is 2.22. The zero-order valence-electron chi connectivity index (χ0n) is 9.19. The first-order chi connectivity index (χ1) is 7.18. The smallest absolute Gasteiger partial charge is 0.261 e. The van der Waals surface area contributed by atoms with E-state index in [-0.39, 0.29) is 5.91 Å². The normalized spacial score (nSPS) is 30.4. The van der Waals surface area contributed by atoms with E-state index in [1.807, 2.05) is 17.5 Å². The van der Waals surface area contributed by atoms with E-state index in [9.17, 15) is 4.79 Å². The van der Waals surface area contributed by atoms with Crippen molar-refractivity contribution in [1.29, 1.82) is 0 Å². The van der Waals surface area contributed by atoms with Gasteiger partial charge in [0.2, 0.25) is 0 Å². The molecule has 3 unspecified atom stereocenters. The van der Waals surface area contributed by atoms with Gasteiger partial charge in [0, 0.05) is 6.04 Å². The van der Waals surface area contributed by atoms with Crippen LogP contribution in [0.15, 0.2) is 17.5 Å². The summed E-state index contributed by atoms with van der Waals surface area (Å²) in [4.78, 5) is 12.6. The van der Waals surface area contributed by atoms with Gasteiger partial charge >= 0.3 is 0 Å². The summed E-state index contributed by atoms with van der Waals surface area (Å²) < 4.78 is 0. The van der Waals surface area contributed by atoms with Gasteiger partial charge in [0.25, 0.3) is 5.91 Å². The third-order valence-corrected chi connectivity index (χ3v) is 4.40. The zero-order chi connectivity index (χ0) is 10.8. The molecule has 0 aliphatic heterocycles. The highest BCUT2D eigenvalue weighted by atomic mass is 32.1. The summed E-state index contributed by atoms with van der Waals surface area (Å²) in [7, 11) is 0. The van der Waals surface area contributed by atoms with Gasteiger partial charge in [-0.15, -0.1) is 11.3 Å². The fraction of sp³-hybridized carbons (Fsp3) is 0.583. The molecule has 1 heterocycles. The van der Waals surface area contributed by atoms with Crippen molar-refractivity contribution >= 4 is 17.2 Å². The maximum absolute atomic E-state index is 11.8. The summed E-state index contributed by atoms with van der Waals surface area (Å²) in [5, 5.41) is 5.07. The second kappa shape index (κ2) is 4.35. The molecule has 3 heteroatoms. The van der Waals surface area contributed by atoms with Crippen LogP contribution in [0.1, 0.15) is 36.4 Å². The van der Waals surface area contributed by atoms with Gasteiger partial charge in [-0.3, -0.25) is 4.79 Å². The standard InChI is InChI=1S/C12H17NOS/c1-8-5-6-10(9(8)2)13-12(14)11-4-3-7-15-11/h3-4,7-10H,5-6H2,1-2H3,(H,13,14). The van der Waals surface area contributed by atoms with Crippen molar-refractivity contribution < 1.29 is 4.79 Å². The molecule has 1 aromatic rings. The minimum atomic E-state index is 0.0935. The number of carbonyl (C=O) groups excluding carboxylic acids is 1. The summed E-state index contributed by atoms with van der Waals surface area (Å²) in [5.74, 6) is 1.43. The second-order valence-electron chi connectivity index (χ2n) is 4.47. The molecule has 1 aliphatic rings. The fourth-order valence-corrected chi connectivity index (χ4v) is 2.84. The first-order valence-corrected chi connectivity index (χ1v) is 6.41. The number of thiophene rings is 1. The highest BCUT2D eigenvalue weighted by Crippen LogP contribution is 2.31. The van der Waals surface area contributed by atoms with Crippen molar-refractivity contribution in [2.75, 3.05) is 0 Å². The van der Waals surface area contributed by atoms with Crippen LogP contribution >= 0.6 is 11.3 Å². The average Bonchev–Trinajstić information content (AvgIpc) is 2.83. The lowest BCUT2D eigenvalue weighted by atomic mass is 9.98. The van der Waals surface area contributed by atoms with Gasteiger partial charge in [-0.05, 0) is 36.1 Å². The predicted octanol–water partition coefficient (Wildman–Crippen LogP) is 2.91. The first-order valence-electron chi connectivity index (χ1n) is 5.53. The predicted molar refractivity (Wildman–Crippen MR) is 63.1 cm³/mol. The highest BCUT2D eigenvalue weighted by Gasteiger charge is 2.30. The second-order valence-corrected chi connectivity index (χ2v) is 5.42. The number of carbonyl (C=O) groups is 1. The molecule has 0 saturated heterocycles. The van der Waals surface area contributed by atoms with Crippen LogP contribution in [0.2, 0.25) is 0 Å². The highest BCUT2D eigenvalue weighted by molar-refractivity contribution is 7.12.